The minimum atomic E-state index is -0.949. The lowest BCUT2D eigenvalue weighted by Gasteiger charge is -2.37. The minimum absolute atomic E-state index is 0.00115. The lowest BCUT2D eigenvalue weighted by molar-refractivity contribution is -0.151. The average molecular weight is 495 g/mol. The molecule has 2 aromatic rings. The van der Waals surface area contributed by atoms with Gasteiger partial charge in [-0.2, -0.15) is 11.8 Å². The number of alkyl carbamates (subject to hydrolysis) is 1. The summed E-state index contributed by atoms with van der Waals surface area (Å²) in [6, 6.07) is 15.5. The number of nitrogens with one attached hydrogen (secondary N) is 1. The first-order valence-electron chi connectivity index (χ1n) is 12.3. The summed E-state index contributed by atoms with van der Waals surface area (Å²) in [6.45, 7) is 0.710. The summed E-state index contributed by atoms with van der Waals surface area (Å²) >= 11 is 1.57. The third-order valence-corrected chi connectivity index (χ3v) is 8.41. The monoisotopic (exact) mass is 494 g/mol. The molecule has 0 spiro atoms. The summed E-state index contributed by atoms with van der Waals surface area (Å²) < 4.78 is 5.68. The van der Waals surface area contributed by atoms with Gasteiger partial charge < -0.3 is 20.1 Å². The van der Waals surface area contributed by atoms with Gasteiger partial charge in [-0.3, -0.25) is 4.79 Å². The number of rotatable bonds is 5. The van der Waals surface area contributed by atoms with Crippen molar-refractivity contribution in [2.45, 2.75) is 43.7 Å². The van der Waals surface area contributed by atoms with E-state index in [1.54, 1.807) is 11.8 Å². The van der Waals surface area contributed by atoms with Gasteiger partial charge in [0, 0.05) is 35.9 Å². The van der Waals surface area contributed by atoms with Crippen molar-refractivity contribution in [2.24, 2.45) is 5.92 Å². The molecule has 35 heavy (non-hydrogen) atoms. The van der Waals surface area contributed by atoms with Crippen LogP contribution in [0.4, 0.5) is 4.79 Å². The zero-order valence-corrected chi connectivity index (χ0v) is 20.3. The lowest BCUT2D eigenvalue weighted by Crippen LogP contribution is -2.53. The van der Waals surface area contributed by atoms with Gasteiger partial charge in [-0.25, -0.2) is 9.59 Å². The number of carbonyl (C=O) groups excluding carboxylic acids is 2. The molecule has 3 atom stereocenters. The Labute approximate surface area is 209 Å². The molecule has 1 aliphatic heterocycles. The summed E-state index contributed by atoms with van der Waals surface area (Å²) in [5, 5.41) is 12.5. The molecule has 2 N–H and O–H groups in total. The molecule has 5 rings (SSSR count). The highest BCUT2D eigenvalue weighted by molar-refractivity contribution is 7.99. The molecule has 1 heterocycles. The van der Waals surface area contributed by atoms with Gasteiger partial charge in [0.2, 0.25) is 5.91 Å². The largest absolute Gasteiger partial charge is 0.480 e. The molecular weight excluding hydrogens is 464 g/mol. The lowest BCUT2D eigenvalue weighted by atomic mass is 9.84. The molecule has 3 aliphatic rings. The van der Waals surface area contributed by atoms with Gasteiger partial charge >= 0.3 is 12.1 Å². The van der Waals surface area contributed by atoms with E-state index in [1.165, 1.54) is 16.0 Å². The molecule has 2 aliphatic carbocycles. The Kier molecular flexibility index (Phi) is 7.00. The SMILES string of the molecule is O=C(NC1CCCC(C(=O)N2CCSCC2C(=O)O)C1)OCC1c2ccccc2-c2ccccc21. The number of carboxylic acid groups (broad SMARTS) is 1. The second kappa shape index (κ2) is 10.3. The Morgan fingerprint density at radius 3 is 2.40 bits per heavy atom. The number of benzene rings is 2. The molecular formula is C27H30N2O5S. The topological polar surface area (TPSA) is 95.9 Å². The number of thioether (sulfide) groups is 1. The fourth-order valence-corrected chi connectivity index (χ4v) is 6.70. The van der Waals surface area contributed by atoms with E-state index < -0.39 is 18.1 Å². The number of amides is 2. The first-order valence-corrected chi connectivity index (χ1v) is 13.4. The zero-order chi connectivity index (χ0) is 24.4. The number of fused-ring (bicyclic) bond motifs is 3. The van der Waals surface area contributed by atoms with Crippen LogP contribution in [-0.4, -0.2) is 64.7 Å². The van der Waals surface area contributed by atoms with Crippen LogP contribution in [0.15, 0.2) is 48.5 Å². The normalized spacial score (nSPS) is 23.8. The van der Waals surface area contributed by atoms with Crippen LogP contribution in [0.2, 0.25) is 0 Å². The third-order valence-electron chi connectivity index (χ3n) is 7.39. The van der Waals surface area contributed by atoms with Crippen molar-refractivity contribution in [1.29, 1.82) is 0 Å². The Bertz CT molecular complexity index is 1080. The number of hydrogen-bond donors (Lipinski definition) is 2. The van der Waals surface area contributed by atoms with Gasteiger partial charge in [0.25, 0.3) is 0 Å². The molecule has 2 fully saturated rings. The van der Waals surface area contributed by atoms with E-state index in [4.69, 9.17) is 4.74 Å². The van der Waals surface area contributed by atoms with E-state index in [-0.39, 0.29) is 30.4 Å². The van der Waals surface area contributed by atoms with Crippen LogP contribution in [-0.2, 0) is 14.3 Å². The molecule has 1 saturated heterocycles. The molecule has 0 aromatic heterocycles. The van der Waals surface area contributed by atoms with E-state index in [1.807, 2.05) is 24.3 Å². The van der Waals surface area contributed by atoms with Crippen LogP contribution in [0.25, 0.3) is 11.1 Å². The van der Waals surface area contributed by atoms with Crippen molar-refractivity contribution < 1.29 is 24.2 Å². The smallest absolute Gasteiger partial charge is 0.407 e. The Balaban J connectivity index is 1.18. The van der Waals surface area contributed by atoms with Gasteiger partial charge in [0.15, 0.2) is 0 Å². The summed E-state index contributed by atoms with van der Waals surface area (Å²) in [5.41, 5.74) is 4.69. The molecule has 184 valence electrons. The average Bonchev–Trinajstić information content (AvgIpc) is 3.21. The highest BCUT2D eigenvalue weighted by atomic mass is 32.2. The maximum Gasteiger partial charge on any atom is 0.407 e. The quantitative estimate of drug-likeness (QED) is 0.650. The molecule has 7 nitrogen and oxygen atoms in total. The number of ether oxygens (including phenoxy) is 1. The number of aliphatic carboxylic acids is 1. The van der Waals surface area contributed by atoms with Crippen LogP contribution in [0.3, 0.4) is 0 Å². The van der Waals surface area contributed by atoms with E-state index in [9.17, 15) is 19.5 Å². The summed E-state index contributed by atoms with van der Waals surface area (Å²) in [5.74, 6) is -0.142. The van der Waals surface area contributed by atoms with Crippen molar-refractivity contribution in [3.05, 3.63) is 59.7 Å². The third kappa shape index (κ3) is 4.89. The van der Waals surface area contributed by atoms with Crippen molar-refractivity contribution >= 4 is 29.7 Å². The highest BCUT2D eigenvalue weighted by Crippen LogP contribution is 2.44. The molecule has 0 radical (unpaired) electrons. The summed E-state index contributed by atoms with van der Waals surface area (Å²) in [7, 11) is 0. The van der Waals surface area contributed by atoms with Gasteiger partial charge in [-0.05, 0) is 41.5 Å². The predicted molar refractivity (Wildman–Crippen MR) is 134 cm³/mol. The second-order valence-electron chi connectivity index (χ2n) is 9.49. The van der Waals surface area contributed by atoms with E-state index in [2.05, 4.69) is 29.6 Å². The first kappa shape index (κ1) is 23.7. The number of nitrogens with zero attached hydrogens (tertiary/aromatic N) is 1. The van der Waals surface area contributed by atoms with Crippen molar-refractivity contribution in [2.75, 3.05) is 24.7 Å². The van der Waals surface area contributed by atoms with Gasteiger partial charge in [-0.15, -0.1) is 0 Å². The molecule has 2 amide bonds. The number of hydrogen-bond acceptors (Lipinski definition) is 5. The second-order valence-corrected chi connectivity index (χ2v) is 10.6. The Morgan fingerprint density at radius 2 is 1.71 bits per heavy atom. The summed E-state index contributed by atoms with van der Waals surface area (Å²) in [4.78, 5) is 39.0. The molecule has 8 heteroatoms. The van der Waals surface area contributed by atoms with Gasteiger partial charge in [0.05, 0.1) is 0 Å². The van der Waals surface area contributed by atoms with Crippen molar-refractivity contribution in [3.63, 3.8) is 0 Å². The maximum atomic E-state index is 13.1. The van der Waals surface area contributed by atoms with E-state index >= 15 is 0 Å². The predicted octanol–water partition coefficient (Wildman–Crippen LogP) is 4.11. The maximum absolute atomic E-state index is 13.1. The first-order chi connectivity index (χ1) is 17.0. The van der Waals surface area contributed by atoms with E-state index in [0.717, 1.165) is 36.1 Å². The van der Waals surface area contributed by atoms with Crippen LogP contribution >= 0.6 is 11.8 Å². The van der Waals surface area contributed by atoms with Crippen molar-refractivity contribution in [1.82, 2.24) is 10.2 Å². The van der Waals surface area contributed by atoms with E-state index in [0.29, 0.717) is 18.7 Å². The summed E-state index contributed by atoms with van der Waals surface area (Å²) in [6.07, 6.45) is 2.36. The van der Waals surface area contributed by atoms with Crippen molar-refractivity contribution in [3.8, 4) is 11.1 Å². The number of carboxylic acids is 1. The van der Waals surface area contributed by atoms with Crippen LogP contribution in [0.1, 0.15) is 42.7 Å². The molecule has 3 unspecified atom stereocenters. The fraction of sp³-hybridized carbons (Fsp3) is 0.444. The molecule has 2 aromatic carbocycles. The minimum Gasteiger partial charge on any atom is -0.480 e. The standard InChI is InChI=1S/C27H30N2O5S/c30-25(29-12-13-35-16-24(29)26(31)32)17-6-5-7-18(14-17)28-27(33)34-15-23-21-10-3-1-8-19(21)20-9-2-4-11-22(20)23/h1-4,8-11,17-18,23-24H,5-7,12-16H2,(H,28,33)(H,31,32). The fourth-order valence-electron chi connectivity index (χ4n) is 5.66. The van der Waals surface area contributed by atoms with Crippen LogP contribution < -0.4 is 5.32 Å². The Hall–Kier alpha value is -3.00. The van der Waals surface area contributed by atoms with Crippen LogP contribution in [0, 0.1) is 5.92 Å². The molecule has 1 saturated carbocycles. The zero-order valence-electron chi connectivity index (χ0n) is 19.5. The highest BCUT2D eigenvalue weighted by Gasteiger charge is 2.38. The Morgan fingerprint density at radius 1 is 1.03 bits per heavy atom. The molecule has 0 bridgehead atoms. The van der Waals surface area contributed by atoms with Crippen LogP contribution in [0.5, 0.6) is 0 Å². The van der Waals surface area contributed by atoms with Gasteiger partial charge in [0.1, 0.15) is 12.6 Å². The van der Waals surface area contributed by atoms with Gasteiger partial charge in [-0.1, -0.05) is 55.0 Å². The number of carbonyl (C=O) groups is 3.